The molecule has 1 unspecified atom stereocenters. The number of nitriles is 1. The maximum Gasteiger partial charge on any atom is 0.272 e. The van der Waals surface area contributed by atoms with Crippen LogP contribution < -0.4 is 11.1 Å². The standard InChI is InChI=1S/C10H12N4O/c1-7(5-11)6-14-10(15)9-8(12)3-2-4-13-9/h2-4,7H,6,12H2,1H3,(H,14,15). The number of amides is 1. The predicted molar refractivity (Wildman–Crippen MR) is 55.8 cm³/mol. The van der Waals surface area contributed by atoms with Gasteiger partial charge in [-0.3, -0.25) is 4.79 Å². The summed E-state index contributed by atoms with van der Waals surface area (Å²) in [4.78, 5) is 15.4. The fraction of sp³-hybridized carbons (Fsp3) is 0.300. The van der Waals surface area contributed by atoms with Crippen molar-refractivity contribution in [2.75, 3.05) is 12.3 Å². The van der Waals surface area contributed by atoms with Crippen molar-refractivity contribution >= 4 is 11.6 Å². The largest absolute Gasteiger partial charge is 0.397 e. The first kappa shape index (κ1) is 11.0. The van der Waals surface area contributed by atoms with Crippen LogP contribution in [0.1, 0.15) is 17.4 Å². The number of nitrogens with two attached hydrogens (primary N) is 1. The molecule has 0 spiro atoms. The van der Waals surface area contributed by atoms with E-state index in [1.807, 2.05) is 6.07 Å². The highest BCUT2D eigenvalue weighted by atomic mass is 16.1. The summed E-state index contributed by atoms with van der Waals surface area (Å²) >= 11 is 0. The number of anilines is 1. The number of nitrogens with zero attached hydrogens (tertiary/aromatic N) is 2. The van der Waals surface area contributed by atoms with Crippen LogP contribution in [0.4, 0.5) is 5.69 Å². The van der Waals surface area contributed by atoms with E-state index in [0.29, 0.717) is 12.2 Å². The lowest BCUT2D eigenvalue weighted by atomic mass is 10.2. The van der Waals surface area contributed by atoms with Crippen LogP contribution >= 0.6 is 0 Å². The fourth-order valence-corrected chi connectivity index (χ4v) is 0.983. The number of rotatable bonds is 3. The molecule has 78 valence electrons. The zero-order valence-corrected chi connectivity index (χ0v) is 8.40. The van der Waals surface area contributed by atoms with Gasteiger partial charge in [-0.2, -0.15) is 5.26 Å². The smallest absolute Gasteiger partial charge is 0.272 e. The van der Waals surface area contributed by atoms with Crippen LogP contribution in [0.3, 0.4) is 0 Å². The molecule has 0 aliphatic rings. The molecule has 15 heavy (non-hydrogen) atoms. The van der Waals surface area contributed by atoms with Crippen molar-refractivity contribution in [3.8, 4) is 6.07 Å². The molecule has 0 aliphatic carbocycles. The maximum absolute atomic E-state index is 11.5. The van der Waals surface area contributed by atoms with E-state index in [4.69, 9.17) is 11.0 Å². The number of hydrogen-bond acceptors (Lipinski definition) is 4. The van der Waals surface area contributed by atoms with Gasteiger partial charge in [0.25, 0.3) is 5.91 Å². The van der Waals surface area contributed by atoms with E-state index in [1.54, 1.807) is 19.1 Å². The van der Waals surface area contributed by atoms with Crippen molar-refractivity contribution in [2.24, 2.45) is 5.92 Å². The van der Waals surface area contributed by atoms with Crippen LogP contribution in [0.5, 0.6) is 0 Å². The second kappa shape index (κ2) is 4.96. The van der Waals surface area contributed by atoms with Crippen molar-refractivity contribution in [1.29, 1.82) is 5.26 Å². The third kappa shape index (κ3) is 2.95. The van der Waals surface area contributed by atoms with E-state index in [0.717, 1.165) is 0 Å². The average molecular weight is 204 g/mol. The van der Waals surface area contributed by atoms with Gasteiger partial charge in [-0.25, -0.2) is 4.98 Å². The minimum absolute atomic E-state index is 0.197. The molecule has 1 rings (SSSR count). The maximum atomic E-state index is 11.5. The van der Waals surface area contributed by atoms with Crippen LogP contribution in [0.2, 0.25) is 0 Å². The molecule has 1 atom stereocenters. The summed E-state index contributed by atoms with van der Waals surface area (Å²) in [7, 11) is 0. The molecule has 5 nitrogen and oxygen atoms in total. The highest BCUT2D eigenvalue weighted by Gasteiger charge is 2.11. The molecule has 0 aromatic carbocycles. The Morgan fingerprint density at radius 1 is 1.80 bits per heavy atom. The van der Waals surface area contributed by atoms with Gasteiger partial charge in [0, 0.05) is 12.7 Å². The van der Waals surface area contributed by atoms with Crippen molar-refractivity contribution in [1.82, 2.24) is 10.3 Å². The van der Waals surface area contributed by atoms with Gasteiger partial charge < -0.3 is 11.1 Å². The Labute approximate surface area is 87.9 Å². The van der Waals surface area contributed by atoms with Gasteiger partial charge in [0.1, 0.15) is 0 Å². The summed E-state index contributed by atoms with van der Waals surface area (Å²) < 4.78 is 0. The van der Waals surface area contributed by atoms with Crippen LogP contribution in [-0.2, 0) is 0 Å². The molecule has 1 heterocycles. The lowest BCUT2D eigenvalue weighted by Crippen LogP contribution is -2.29. The van der Waals surface area contributed by atoms with Crippen molar-refractivity contribution < 1.29 is 4.79 Å². The lowest BCUT2D eigenvalue weighted by molar-refractivity contribution is 0.0947. The first-order valence-corrected chi connectivity index (χ1v) is 4.53. The van der Waals surface area contributed by atoms with Gasteiger partial charge in [-0.05, 0) is 19.1 Å². The number of hydrogen-bond donors (Lipinski definition) is 2. The lowest BCUT2D eigenvalue weighted by Gasteiger charge is -2.06. The summed E-state index contributed by atoms with van der Waals surface area (Å²) in [5.74, 6) is -0.575. The van der Waals surface area contributed by atoms with Crippen LogP contribution in [0.15, 0.2) is 18.3 Å². The molecule has 5 heteroatoms. The molecule has 0 saturated heterocycles. The van der Waals surface area contributed by atoms with Crippen molar-refractivity contribution in [2.45, 2.75) is 6.92 Å². The second-order valence-electron chi connectivity index (χ2n) is 3.18. The van der Waals surface area contributed by atoms with E-state index in [9.17, 15) is 4.79 Å². The van der Waals surface area contributed by atoms with Gasteiger partial charge in [0.15, 0.2) is 5.69 Å². The van der Waals surface area contributed by atoms with Gasteiger partial charge >= 0.3 is 0 Å². The molecule has 0 saturated carbocycles. The Balaban J connectivity index is 2.63. The van der Waals surface area contributed by atoms with E-state index in [1.165, 1.54) is 6.20 Å². The zero-order valence-electron chi connectivity index (χ0n) is 8.40. The van der Waals surface area contributed by atoms with Crippen molar-refractivity contribution in [3.05, 3.63) is 24.0 Å². The number of carbonyl (C=O) groups is 1. The number of nitrogens with one attached hydrogen (secondary N) is 1. The Kier molecular flexibility index (Phi) is 3.63. The van der Waals surface area contributed by atoms with Gasteiger partial charge in [0.05, 0.1) is 17.7 Å². The molecule has 0 bridgehead atoms. The van der Waals surface area contributed by atoms with Crippen LogP contribution in [0.25, 0.3) is 0 Å². The van der Waals surface area contributed by atoms with E-state index < -0.39 is 0 Å². The van der Waals surface area contributed by atoms with Gasteiger partial charge in [-0.1, -0.05) is 0 Å². The Morgan fingerprint density at radius 3 is 3.13 bits per heavy atom. The molecule has 1 amide bonds. The van der Waals surface area contributed by atoms with Gasteiger partial charge in [-0.15, -0.1) is 0 Å². The minimum Gasteiger partial charge on any atom is -0.397 e. The number of carbonyl (C=O) groups excluding carboxylic acids is 1. The fourth-order valence-electron chi connectivity index (χ4n) is 0.983. The first-order chi connectivity index (χ1) is 7.15. The first-order valence-electron chi connectivity index (χ1n) is 4.53. The minimum atomic E-state index is -0.352. The Bertz CT molecular complexity index is 397. The molecule has 0 radical (unpaired) electrons. The number of aromatic nitrogens is 1. The molecular weight excluding hydrogens is 192 g/mol. The summed E-state index contributed by atoms with van der Waals surface area (Å²) in [6, 6.07) is 5.28. The quantitative estimate of drug-likeness (QED) is 0.752. The summed E-state index contributed by atoms with van der Waals surface area (Å²) in [5.41, 5.74) is 6.10. The van der Waals surface area contributed by atoms with E-state index >= 15 is 0 Å². The summed E-state index contributed by atoms with van der Waals surface area (Å²) in [5, 5.41) is 11.1. The molecule has 3 N–H and O–H groups in total. The topological polar surface area (TPSA) is 91.8 Å². The molecule has 0 fully saturated rings. The third-order valence-corrected chi connectivity index (χ3v) is 1.84. The second-order valence-corrected chi connectivity index (χ2v) is 3.18. The summed E-state index contributed by atoms with van der Waals surface area (Å²) in [6.07, 6.45) is 1.50. The molecule has 0 aliphatic heterocycles. The molecular formula is C10H12N4O. The monoisotopic (exact) mass is 204 g/mol. The number of pyridine rings is 1. The summed E-state index contributed by atoms with van der Waals surface area (Å²) in [6.45, 7) is 2.02. The van der Waals surface area contributed by atoms with Crippen LogP contribution in [-0.4, -0.2) is 17.4 Å². The highest BCUT2D eigenvalue weighted by molar-refractivity contribution is 5.96. The van der Waals surface area contributed by atoms with E-state index in [-0.39, 0.29) is 17.5 Å². The van der Waals surface area contributed by atoms with Crippen LogP contribution in [0, 0.1) is 17.2 Å². The molecule has 1 aromatic heterocycles. The average Bonchev–Trinajstić information content (AvgIpc) is 2.26. The Hall–Kier alpha value is -2.09. The molecule has 1 aromatic rings. The predicted octanol–water partition coefficient (Wildman–Crippen LogP) is 0.553. The SMILES string of the molecule is CC(C#N)CNC(=O)c1ncccc1N. The normalized spacial score (nSPS) is 11.5. The van der Waals surface area contributed by atoms with Gasteiger partial charge in [0.2, 0.25) is 0 Å². The highest BCUT2D eigenvalue weighted by Crippen LogP contribution is 2.06. The van der Waals surface area contributed by atoms with E-state index in [2.05, 4.69) is 10.3 Å². The zero-order chi connectivity index (χ0) is 11.3. The number of nitrogen functional groups attached to an aromatic ring is 1. The third-order valence-electron chi connectivity index (χ3n) is 1.84. The Morgan fingerprint density at radius 2 is 2.53 bits per heavy atom. The van der Waals surface area contributed by atoms with Crippen molar-refractivity contribution in [3.63, 3.8) is 0 Å².